The molecule has 2 aliphatic heterocycles. The third-order valence-corrected chi connectivity index (χ3v) is 8.96. The number of piperidine rings is 1. The van der Waals surface area contributed by atoms with Crippen molar-refractivity contribution >= 4 is 16.7 Å². The van der Waals surface area contributed by atoms with Gasteiger partial charge in [-0.3, -0.25) is 14.6 Å². The Morgan fingerprint density at radius 1 is 0.974 bits per heavy atom. The maximum absolute atomic E-state index is 13.3. The van der Waals surface area contributed by atoms with Crippen molar-refractivity contribution < 1.29 is 9.90 Å². The number of amides is 1. The van der Waals surface area contributed by atoms with E-state index in [2.05, 4.69) is 70.0 Å². The molecular weight excluding hydrogens is 474 g/mol. The summed E-state index contributed by atoms with van der Waals surface area (Å²) in [6, 6.07) is 13.5. The van der Waals surface area contributed by atoms with Crippen molar-refractivity contribution in [3.63, 3.8) is 0 Å². The fourth-order valence-electron chi connectivity index (χ4n) is 6.41. The molecule has 2 fully saturated rings. The number of carbonyl (C=O) groups excluding carboxylic acids is 1. The van der Waals surface area contributed by atoms with Gasteiger partial charge >= 0.3 is 0 Å². The van der Waals surface area contributed by atoms with Crippen molar-refractivity contribution in [2.24, 2.45) is 0 Å². The van der Waals surface area contributed by atoms with Crippen LogP contribution < -0.4 is 0 Å². The number of rotatable bonds is 6. The second kappa shape index (κ2) is 11.1. The summed E-state index contributed by atoms with van der Waals surface area (Å²) in [6.45, 7) is 14.3. The maximum atomic E-state index is 13.3. The van der Waals surface area contributed by atoms with Crippen LogP contribution in [0.5, 0.6) is 0 Å². The first-order valence-electron chi connectivity index (χ1n) is 14.0. The van der Waals surface area contributed by atoms with E-state index in [1.54, 1.807) is 0 Å². The minimum absolute atomic E-state index is 0.0677. The number of aromatic nitrogens is 2. The fraction of sp³-hybridized carbons (Fsp3) is 0.516. The third kappa shape index (κ3) is 5.20. The predicted molar refractivity (Wildman–Crippen MR) is 151 cm³/mol. The van der Waals surface area contributed by atoms with E-state index >= 15 is 0 Å². The number of aliphatic hydroxyl groups is 1. The van der Waals surface area contributed by atoms with Crippen molar-refractivity contribution in [3.8, 4) is 0 Å². The molecule has 1 atom stereocenters. The molecule has 0 bridgehead atoms. The Morgan fingerprint density at radius 2 is 1.61 bits per heavy atom. The molecule has 0 unspecified atom stereocenters. The number of carbonyl (C=O) groups is 1. The lowest BCUT2D eigenvalue weighted by atomic mass is 9.86. The molecule has 2 aliphatic rings. The summed E-state index contributed by atoms with van der Waals surface area (Å²) in [5.41, 5.74) is 4.86. The second-order valence-corrected chi connectivity index (χ2v) is 11.4. The standard InChI is InChI=1S/C31H41N5O2/c1-22-19-36(31(4)12-14-34(15-13-31)30(38)29-23(2)32-21-33-24(29)3)17-16-35(22)20-26-10-9-25(11-18-37)27-7-5-6-8-28(26)27/h5-10,21-22,37H,11-20H2,1-4H3/t22-/m0/s1. The van der Waals surface area contributed by atoms with E-state index < -0.39 is 0 Å². The van der Waals surface area contributed by atoms with E-state index in [4.69, 9.17) is 0 Å². The zero-order chi connectivity index (χ0) is 26.9. The molecule has 0 saturated carbocycles. The fourth-order valence-corrected chi connectivity index (χ4v) is 6.41. The summed E-state index contributed by atoms with van der Waals surface area (Å²) in [7, 11) is 0. The van der Waals surface area contributed by atoms with E-state index in [9.17, 15) is 9.90 Å². The van der Waals surface area contributed by atoms with Crippen LogP contribution in [0.15, 0.2) is 42.7 Å². The summed E-state index contributed by atoms with van der Waals surface area (Å²) in [5, 5.41) is 12.0. The second-order valence-electron chi connectivity index (χ2n) is 11.4. The SMILES string of the molecule is Cc1ncnc(C)c1C(=O)N1CCC(C)(N2CCN(Cc3ccc(CCO)c4ccccc34)[C@@H](C)C2)CC1. The third-order valence-electron chi connectivity index (χ3n) is 8.96. The molecule has 3 aromatic rings. The number of piperazine rings is 1. The van der Waals surface area contributed by atoms with E-state index in [1.807, 2.05) is 18.7 Å². The molecule has 202 valence electrons. The van der Waals surface area contributed by atoms with Gasteiger partial charge in [-0.05, 0) is 68.9 Å². The van der Waals surface area contributed by atoms with Crippen LogP contribution in [0.2, 0.25) is 0 Å². The zero-order valence-corrected chi connectivity index (χ0v) is 23.3. The number of fused-ring (bicyclic) bond motifs is 1. The summed E-state index contributed by atoms with van der Waals surface area (Å²) in [4.78, 5) is 29.0. The van der Waals surface area contributed by atoms with Crippen molar-refractivity contribution in [3.05, 3.63) is 70.8 Å². The van der Waals surface area contributed by atoms with Gasteiger partial charge in [0, 0.05) is 57.5 Å². The van der Waals surface area contributed by atoms with E-state index in [0.717, 1.165) is 63.5 Å². The summed E-state index contributed by atoms with van der Waals surface area (Å²) >= 11 is 0. The van der Waals surface area contributed by atoms with Gasteiger partial charge in [-0.15, -0.1) is 0 Å². The normalized spacial score (nSPS) is 20.7. The molecule has 38 heavy (non-hydrogen) atoms. The minimum Gasteiger partial charge on any atom is -0.396 e. The molecule has 2 saturated heterocycles. The Bertz CT molecular complexity index is 1280. The average Bonchev–Trinajstić information content (AvgIpc) is 2.91. The van der Waals surface area contributed by atoms with Gasteiger partial charge in [-0.2, -0.15) is 0 Å². The van der Waals surface area contributed by atoms with Gasteiger partial charge in [0.1, 0.15) is 6.33 Å². The van der Waals surface area contributed by atoms with Crippen LogP contribution in [0.4, 0.5) is 0 Å². The van der Waals surface area contributed by atoms with Crippen molar-refractivity contribution in [2.45, 2.75) is 65.1 Å². The van der Waals surface area contributed by atoms with E-state index in [1.165, 1.54) is 28.2 Å². The molecule has 0 aliphatic carbocycles. The maximum Gasteiger partial charge on any atom is 0.257 e. The molecule has 7 heteroatoms. The Balaban J connectivity index is 1.22. The highest BCUT2D eigenvalue weighted by atomic mass is 16.3. The van der Waals surface area contributed by atoms with Gasteiger partial charge in [0.2, 0.25) is 0 Å². The smallest absolute Gasteiger partial charge is 0.257 e. The molecule has 1 N–H and O–H groups in total. The highest BCUT2D eigenvalue weighted by Crippen LogP contribution is 2.33. The quantitative estimate of drug-likeness (QED) is 0.535. The zero-order valence-electron chi connectivity index (χ0n) is 23.3. The number of aryl methyl sites for hydroxylation is 2. The number of nitrogens with zero attached hydrogens (tertiary/aromatic N) is 5. The summed E-state index contributed by atoms with van der Waals surface area (Å²) in [5.74, 6) is 0.0677. The minimum atomic E-state index is 0.0677. The molecule has 0 spiro atoms. The molecule has 0 radical (unpaired) electrons. The Kier molecular flexibility index (Phi) is 7.80. The first-order chi connectivity index (χ1) is 18.3. The van der Waals surface area contributed by atoms with Gasteiger partial charge in [0.25, 0.3) is 5.91 Å². The largest absolute Gasteiger partial charge is 0.396 e. The first kappa shape index (κ1) is 26.7. The van der Waals surface area contributed by atoms with Gasteiger partial charge in [-0.1, -0.05) is 36.4 Å². The topological polar surface area (TPSA) is 72.8 Å². The monoisotopic (exact) mass is 515 g/mol. The molecule has 1 amide bonds. The molecule has 1 aromatic heterocycles. The van der Waals surface area contributed by atoms with Crippen molar-refractivity contribution in [1.82, 2.24) is 24.7 Å². The van der Waals surface area contributed by atoms with Crippen LogP contribution in [0.1, 0.15) is 59.6 Å². The van der Waals surface area contributed by atoms with Gasteiger partial charge < -0.3 is 10.0 Å². The van der Waals surface area contributed by atoms with E-state index in [-0.39, 0.29) is 18.1 Å². The number of likely N-dealkylation sites (tertiary alicyclic amines) is 1. The van der Waals surface area contributed by atoms with Crippen LogP contribution in [-0.2, 0) is 13.0 Å². The number of benzene rings is 2. The van der Waals surface area contributed by atoms with Crippen molar-refractivity contribution in [1.29, 1.82) is 0 Å². The summed E-state index contributed by atoms with van der Waals surface area (Å²) < 4.78 is 0. The number of hydrogen-bond donors (Lipinski definition) is 1. The molecule has 3 heterocycles. The number of hydrogen-bond acceptors (Lipinski definition) is 6. The molecular formula is C31H41N5O2. The van der Waals surface area contributed by atoms with Gasteiger partial charge in [0.05, 0.1) is 17.0 Å². The lowest BCUT2D eigenvalue weighted by molar-refractivity contribution is -0.0191. The van der Waals surface area contributed by atoms with Crippen molar-refractivity contribution in [2.75, 3.05) is 39.3 Å². The predicted octanol–water partition coefficient (Wildman–Crippen LogP) is 3.98. The van der Waals surface area contributed by atoms with Crippen LogP contribution in [0.3, 0.4) is 0 Å². The van der Waals surface area contributed by atoms with Crippen LogP contribution in [0, 0.1) is 13.8 Å². The Labute approximate surface area is 226 Å². The molecule has 2 aromatic carbocycles. The molecule has 7 nitrogen and oxygen atoms in total. The van der Waals surface area contributed by atoms with Crippen LogP contribution >= 0.6 is 0 Å². The summed E-state index contributed by atoms with van der Waals surface area (Å²) in [6.07, 6.45) is 4.18. The highest BCUT2D eigenvalue weighted by molar-refractivity contribution is 5.96. The Morgan fingerprint density at radius 3 is 2.24 bits per heavy atom. The average molecular weight is 516 g/mol. The molecule has 5 rings (SSSR count). The Hall–Kier alpha value is -2.87. The van der Waals surface area contributed by atoms with Gasteiger partial charge in [-0.25, -0.2) is 9.97 Å². The first-order valence-corrected chi connectivity index (χ1v) is 14.0. The highest BCUT2D eigenvalue weighted by Gasteiger charge is 2.40. The lowest BCUT2D eigenvalue weighted by Crippen LogP contribution is -2.61. The van der Waals surface area contributed by atoms with Crippen LogP contribution in [0.25, 0.3) is 10.8 Å². The lowest BCUT2D eigenvalue weighted by Gasteiger charge is -2.51. The van der Waals surface area contributed by atoms with Crippen LogP contribution in [-0.4, -0.2) is 86.6 Å². The van der Waals surface area contributed by atoms with Gasteiger partial charge in [0.15, 0.2) is 0 Å². The number of aliphatic hydroxyl groups excluding tert-OH is 1. The van der Waals surface area contributed by atoms with E-state index in [0.29, 0.717) is 18.0 Å².